The van der Waals surface area contributed by atoms with E-state index in [0.29, 0.717) is 11.7 Å². The third-order valence-corrected chi connectivity index (χ3v) is 7.25. The average molecular weight is 512 g/mol. The number of nitrogens with one attached hydrogen (secondary N) is 1. The van der Waals surface area contributed by atoms with Crippen LogP contribution in [0.15, 0.2) is 79.0 Å². The van der Waals surface area contributed by atoms with Gasteiger partial charge in [0.05, 0.1) is 24.4 Å². The summed E-state index contributed by atoms with van der Waals surface area (Å²) >= 11 is 5.92. The van der Waals surface area contributed by atoms with Crippen molar-refractivity contribution in [3.63, 3.8) is 0 Å². The minimum Gasteiger partial charge on any atom is -0.494 e. The van der Waals surface area contributed by atoms with Crippen molar-refractivity contribution in [1.29, 1.82) is 0 Å². The highest BCUT2D eigenvalue weighted by Crippen LogP contribution is 2.44. The maximum atomic E-state index is 5.92. The van der Waals surface area contributed by atoms with Crippen LogP contribution in [0.5, 0.6) is 5.75 Å². The summed E-state index contributed by atoms with van der Waals surface area (Å²) in [7, 11) is 4.12. The molecule has 0 radical (unpaired) electrons. The fourth-order valence-electron chi connectivity index (χ4n) is 5.20. The number of thiocarbonyl (C=S) groups is 1. The minimum absolute atomic E-state index is 0.0682. The highest BCUT2D eigenvalue weighted by Gasteiger charge is 2.42. The normalized spacial score (nSPS) is 17.1. The fraction of sp³-hybridized carbons (Fsp3) is 0.267. The first-order valence-electron chi connectivity index (χ1n) is 12.6. The molecule has 1 saturated heterocycles. The lowest BCUT2D eigenvalue weighted by atomic mass is 9.96. The van der Waals surface area contributed by atoms with E-state index in [9.17, 15) is 0 Å². The summed E-state index contributed by atoms with van der Waals surface area (Å²) in [4.78, 5) is 9.03. The molecule has 4 aromatic rings. The van der Waals surface area contributed by atoms with Gasteiger partial charge in [0.15, 0.2) is 5.11 Å². The zero-order valence-electron chi connectivity index (χ0n) is 22.0. The third-order valence-electron chi connectivity index (χ3n) is 6.94. The molecule has 1 aliphatic rings. The third kappa shape index (κ3) is 4.67. The predicted octanol–water partition coefficient (Wildman–Crippen LogP) is 6.13. The standard InChI is InChI=1S/C30H33N5OS/c1-6-36-25-16-14-24(15-17-25)35-29(28(32-30(35)37)27-9-7-8-18-31-27)26-19-20(2)34(21(26)3)23-12-10-22(11-13-23)33(4)5/h7-19,28-29H,6H2,1-5H3,(H,32,37)/t28-,29-/m1/s1. The van der Waals surface area contributed by atoms with Crippen molar-refractivity contribution in [2.45, 2.75) is 32.9 Å². The largest absolute Gasteiger partial charge is 0.494 e. The van der Waals surface area contributed by atoms with E-state index in [0.717, 1.165) is 22.8 Å². The summed E-state index contributed by atoms with van der Waals surface area (Å²) in [5, 5.41) is 4.26. The Morgan fingerprint density at radius 3 is 2.30 bits per heavy atom. The number of hydrogen-bond acceptors (Lipinski definition) is 4. The van der Waals surface area contributed by atoms with Crippen LogP contribution in [0.1, 0.15) is 41.7 Å². The van der Waals surface area contributed by atoms with Crippen molar-refractivity contribution >= 4 is 28.7 Å². The molecule has 37 heavy (non-hydrogen) atoms. The molecule has 0 spiro atoms. The quantitative estimate of drug-likeness (QED) is 0.301. The lowest BCUT2D eigenvalue weighted by Crippen LogP contribution is -2.29. The first kappa shape index (κ1) is 24.8. The summed E-state index contributed by atoms with van der Waals surface area (Å²) in [6.07, 6.45) is 1.84. The van der Waals surface area contributed by atoms with E-state index >= 15 is 0 Å². The number of aryl methyl sites for hydroxylation is 1. The Balaban J connectivity index is 1.61. The number of benzene rings is 2. The van der Waals surface area contributed by atoms with Crippen LogP contribution in [0, 0.1) is 13.8 Å². The maximum absolute atomic E-state index is 5.92. The zero-order valence-corrected chi connectivity index (χ0v) is 22.8. The van der Waals surface area contributed by atoms with Crippen molar-refractivity contribution in [2.75, 3.05) is 30.5 Å². The highest BCUT2D eigenvalue weighted by molar-refractivity contribution is 7.80. The van der Waals surface area contributed by atoms with Crippen molar-refractivity contribution in [3.8, 4) is 11.4 Å². The van der Waals surface area contributed by atoms with Crippen LogP contribution in [-0.2, 0) is 0 Å². The molecule has 0 amide bonds. The van der Waals surface area contributed by atoms with E-state index in [-0.39, 0.29) is 12.1 Å². The SMILES string of the molecule is CCOc1ccc(N2C(=S)N[C@H](c3ccccn3)[C@H]2c2cc(C)n(-c3ccc(N(C)C)cc3)c2C)cc1. The van der Waals surface area contributed by atoms with Gasteiger partial charge in [0, 0.05) is 48.7 Å². The van der Waals surface area contributed by atoms with Crippen LogP contribution in [-0.4, -0.2) is 35.4 Å². The van der Waals surface area contributed by atoms with Gasteiger partial charge in [-0.15, -0.1) is 0 Å². The molecule has 7 heteroatoms. The maximum Gasteiger partial charge on any atom is 0.174 e. The molecular weight excluding hydrogens is 478 g/mol. The predicted molar refractivity (Wildman–Crippen MR) is 155 cm³/mol. The molecule has 2 aromatic carbocycles. The van der Waals surface area contributed by atoms with E-state index in [1.807, 2.05) is 37.4 Å². The van der Waals surface area contributed by atoms with Crippen LogP contribution in [0.3, 0.4) is 0 Å². The van der Waals surface area contributed by atoms with Gasteiger partial charge in [0.1, 0.15) is 5.75 Å². The first-order chi connectivity index (χ1) is 17.9. The summed E-state index contributed by atoms with van der Waals surface area (Å²) < 4.78 is 8.00. The monoisotopic (exact) mass is 511 g/mol. The molecule has 0 aliphatic carbocycles. The molecule has 1 N–H and O–H groups in total. The number of aromatic nitrogens is 2. The van der Waals surface area contributed by atoms with Gasteiger partial charge in [-0.05, 0) is 105 Å². The van der Waals surface area contributed by atoms with Gasteiger partial charge in [-0.3, -0.25) is 4.98 Å². The molecule has 0 bridgehead atoms. The van der Waals surface area contributed by atoms with E-state index in [1.54, 1.807) is 0 Å². The number of ether oxygens (including phenoxy) is 1. The van der Waals surface area contributed by atoms with Gasteiger partial charge in [-0.1, -0.05) is 6.07 Å². The van der Waals surface area contributed by atoms with Gasteiger partial charge >= 0.3 is 0 Å². The van der Waals surface area contributed by atoms with Crippen molar-refractivity contribution in [2.24, 2.45) is 0 Å². The van der Waals surface area contributed by atoms with E-state index in [4.69, 9.17) is 21.9 Å². The Morgan fingerprint density at radius 2 is 1.68 bits per heavy atom. The molecule has 6 nitrogen and oxygen atoms in total. The number of anilines is 2. The average Bonchev–Trinajstić information content (AvgIpc) is 3.40. The fourth-order valence-corrected chi connectivity index (χ4v) is 5.55. The Kier molecular flexibility index (Phi) is 6.89. The Morgan fingerprint density at radius 1 is 0.973 bits per heavy atom. The zero-order chi connectivity index (χ0) is 26.1. The topological polar surface area (TPSA) is 45.6 Å². The van der Waals surface area contributed by atoms with Gasteiger partial charge in [-0.2, -0.15) is 0 Å². The number of hydrogen-bond donors (Lipinski definition) is 1. The van der Waals surface area contributed by atoms with Crippen LogP contribution >= 0.6 is 12.2 Å². The highest BCUT2D eigenvalue weighted by atomic mass is 32.1. The molecule has 0 saturated carbocycles. The van der Waals surface area contributed by atoms with E-state index in [1.165, 1.54) is 22.6 Å². The summed E-state index contributed by atoms with van der Waals surface area (Å²) in [5.74, 6) is 0.849. The summed E-state index contributed by atoms with van der Waals surface area (Å²) in [5.41, 5.74) is 7.87. The summed E-state index contributed by atoms with van der Waals surface area (Å²) in [6.45, 7) is 6.98. The lowest BCUT2D eigenvalue weighted by molar-refractivity contribution is 0.340. The van der Waals surface area contributed by atoms with E-state index in [2.05, 4.69) is 96.2 Å². The van der Waals surface area contributed by atoms with Crippen LogP contribution in [0.25, 0.3) is 5.69 Å². The second-order valence-corrected chi connectivity index (χ2v) is 9.88. The summed E-state index contributed by atoms with van der Waals surface area (Å²) in [6, 6.07) is 25.0. The molecule has 5 rings (SSSR count). The smallest absolute Gasteiger partial charge is 0.174 e. The minimum atomic E-state index is -0.0923. The number of rotatable bonds is 7. The second kappa shape index (κ2) is 10.3. The number of nitrogens with zero attached hydrogens (tertiary/aromatic N) is 4. The van der Waals surface area contributed by atoms with Gasteiger partial charge in [0.25, 0.3) is 0 Å². The molecule has 1 aliphatic heterocycles. The number of pyridine rings is 1. The van der Waals surface area contributed by atoms with Crippen LogP contribution in [0.4, 0.5) is 11.4 Å². The molecule has 3 heterocycles. The van der Waals surface area contributed by atoms with Gasteiger partial charge in [0.2, 0.25) is 0 Å². The van der Waals surface area contributed by atoms with Gasteiger partial charge in [-0.25, -0.2) is 0 Å². The molecule has 190 valence electrons. The molecule has 0 unspecified atom stereocenters. The van der Waals surface area contributed by atoms with Gasteiger partial charge < -0.3 is 24.4 Å². The Hall–Kier alpha value is -3.84. The molecule has 1 fully saturated rings. The second-order valence-electron chi connectivity index (χ2n) is 9.50. The van der Waals surface area contributed by atoms with Crippen LogP contribution < -0.4 is 19.9 Å². The molecular formula is C30H33N5OS. The first-order valence-corrected chi connectivity index (χ1v) is 13.0. The van der Waals surface area contributed by atoms with Crippen molar-refractivity contribution in [1.82, 2.24) is 14.9 Å². The van der Waals surface area contributed by atoms with Crippen molar-refractivity contribution < 1.29 is 4.74 Å². The molecule has 2 atom stereocenters. The van der Waals surface area contributed by atoms with Crippen LogP contribution in [0.2, 0.25) is 0 Å². The lowest BCUT2D eigenvalue weighted by Gasteiger charge is -2.28. The van der Waals surface area contributed by atoms with E-state index < -0.39 is 0 Å². The molecule has 2 aromatic heterocycles. The Labute approximate surface area is 224 Å². The van der Waals surface area contributed by atoms with Crippen molar-refractivity contribution in [3.05, 3.63) is 102 Å². The Bertz CT molecular complexity index is 1380.